The second kappa shape index (κ2) is 8.22. The molecule has 1 unspecified atom stereocenters. The number of nitrogens with one attached hydrogen (secondary N) is 1. The number of carbonyl (C=O) groups is 2. The SMILES string of the molecule is COc1cc2cc(C(=O)NC3CC(=O)N(c4ccccc4OC)C3)n(C)c2cc1OC. The number of nitrogens with zero attached hydrogens (tertiary/aromatic N) is 2. The number of benzene rings is 2. The number of anilines is 1. The van der Waals surface area contributed by atoms with Gasteiger partial charge in [0, 0.05) is 31.5 Å². The third-order valence-electron chi connectivity index (χ3n) is 5.62. The fourth-order valence-electron chi connectivity index (χ4n) is 4.03. The Morgan fingerprint density at radius 2 is 1.68 bits per heavy atom. The molecule has 2 amide bonds. The number of methoxy groups -OCH3 is 3. The van der Waals surface area contributed by atoms with E-state index in [4.69, 9.17) is 14.2 Å². The van der Waals surface area contributed by atoms with Gasteiger partial charge in [0.2, 0.25) is 5.91 Å². The van der Waals surface area contributed by atoms with Crippen LogP contribution in [0.25, 0.3) is 10.9 Å². The predicted molar refractivity (Wildman–Crippen MR) is 117 cm³/mol. The summed E-state index contributed by atoms with van der Waals surface area (Å²) in [6.45, 7) is 0.385. The van der Waals surface area contributed by atoms with Crippen LogP contribution in [0.2, 0.25) is 0 Å². The molecule has 2 aromatic carbocycles. The average Bonchev–Trinajstić information content (AvgIpc) is 3.31. The van der Waals surface area contributed by atoms with Crippen molar-refractivity contribution in [3.8, 4) is 17.2 Å². The molecule has 1 saturated heterocycles. The zero-order chi connectivity index (χ0) is 22.1. The molecule has 162 valence electrons. The van der Waals surface area contributed by atoms with Crippen molar-refractivity contribution in [2.24, 2.45) is 7.05 Å². The third kappa shape index (κ3) is 3.65. The smallest absolute Gasteiger partial charge is 0.268 e. The van der Waals surface area contributed by atoms with Crippen molar-refractivity contribution in [1.29, 1.82) is 0 Å². The van der Waals surface area contributed by atoms with Crippen LogP contribution in [0.4, 0.5) is 5.69 Å². The molecule has 0 bridgehead atoms. The number of ether oxygens (including phenoxy) is 3. The van der Waals surface area contributed by atoms with Crippen LogP contribution >= 0.6 is 0 Å². The first-order valence-corrected chi connectivity index (χ1v) is 9.92. The van der Waals surface area contributed by atoms with Crippen molar-refractivity contribution in [3.05, 3.63) is 48.2 Å². The highest BCUT2D eigenvalue weighted by atomic mass is 16.5. The second-order valence-corrected chi connectivity index (χ2v) is 7.41. The molecular formula is C23H25N3O5. The molecule has 1 aromatic heterocycles. The second-order valence-electron chi connectivity index (χ2n) is 7.41. The van der Waals surface area contributed by atoms with Gasteiger partial charge >= 0.3 is 0 Å². The Balaban J connectivity index is 1.55. The first-order chi connectivity index (χ1) is 15.0. The van der Waals surface area contributed by atoms with Gasteiger partial charge in [0.15, 0.2) is 11.5 Å². The highest BCUT2D eigenvalue weighted by Gasteiger charge is 2.33. The lowest BCUT2D eigenvalue weighted by Crippen LogP contribution is -2.38. The van der Waals surface area contributed by atoms with Crippen molar-refractivity contribution in [2.75, 3.05) is 32.8 Å². The molecule has 3 aromatic rings. The lowest BCUT2D eigenvalue weighted by Gasteiger charge is -2.19. The zero-order valence-corrected chi connectivity index (χ0v) is 18.0. The number of carbonyl (C=O) groups excluding carboxylic acids is 2. The van der Waals surface area contributed by atoms with E-state index in [1.165, 1.54) is 0 Å². The zero-order valence-electron chi connectivity index (χ0n) is 18.0. The van der Waals surface area contributed by atoms with E-state index in [9.17, 15) is 9.59 Å². The molecule has 0 saturated carbocycles. The largest absolute Gasteiger partial charge is 0.495 e. The summed E-state index contributed by atoms with van der Waals surface area (Å²) < 4.78 is 17.9. The summed E-state index contributed by atoms with van der Waals surface area (Å²) in [6.07, 6.45) is 0.232. The van der Waals surface area contributed by atoms with Crippen LogP contribution in [-0.4, -0.2) is 50.3 Å². The molecule has 0 aliphatic carbocycles. The molecular weight excluding hydrogens is 398 g/mol. The normalized spacial score (nSPS) is 15.9. The van der Waals surface area contributed by atoms with E-state index in [-0.39, 0.29) is 24.3 Å². The van der Waals surface area contributed by atoms with E-state index in [0.717, 1.165) is 10.9 Å². The molecule has 1 atom stereocenters. The Hall–Kier alpha value is -3.68. The minimum absolute atomic E-state index is 0.0543. The highest BCUT2D eigenvalue weighted by Crippen LogP contribution is 2.34. The van der Waals surface area contributed by atoms with Gasteiger partial charge in [-0.3, -0.25) is 9.59 Å². The van der Waals surface area contributed by atoms with Gasteiger partial charge in [-0.05, 0) is 24.3 Å². The van der Waals surface area contributed by atoms with E-state index in [1.54, 1.807) is 36.9 Å². The van der Waals surface area contributed by atoms with Gasteiger partial charge in [0.05, 0.1) is 38.6 Å². The minimum atomic E-state index is -0.299. The first kappa shape index (κ1) is 20.6. The van der Waals surface area contributed by atoms with Crippen molar-refractivity contribution in [3.63, 3.8) is 0 Å². The number of fused-ring (bicyclic) bond motifs is 1. The summed E-state index contributed by atoms with van der Waals surface area (Å²) in [5, 5.41) is 3.86. The number of rotatable bonds is 6. The predicted octanol–water partition coefficient (Wildman–Crippen LogP) is 2.74. The molecule has 8 heteroatoms. The maximum atomic E-state index is 13.0. The topological polar surface area (TPSA) is 82.0 Å². The fraction of sp³-hybridized carbons (Fsp3) is 0.304. The van der Waals surface area contributed by atoms with Crippen LogP contribution < -0.4 is 24.4 Å². The maximum Gasteiger partial charge on any atom is 0.268 e. The first-order valence-electron chi connectivity index (χ1n) is 9.92. The van der Waals surface area contributed by atoms with Crippen molar-refractivity contribution in [1.82, 2.24) is 9.88 Å². The van der Waals surface area contributed by atoms with Crippen LogP contribution in [0.1, 0.15) is 16.9 Å². The Morgan fingerprint density at radius 3 is 2.39 bits per heavy atom. The number of hydrogen-bond donors (Lipinski definition) is 1. The van der Waals surface area contributed by atoms with Crippen LogP contribution in [0.15, 0.2) is 42.5 Å². The van der Waals surface area contributed by atoms with Gasteiger partial charge in [-0.25, -0.2) is 0 Å². The number of hydrogen-bond acceptors (Lipinski definition) is 5. The van der Waals surface area contributed by atoms with Crippen LogP contribution in [0.5, 0.6) is 17.2 Å². The van der Waals surface area contributed by atoms with Crippen molar-refractivity contribution >= 4 is 28.4 Å². The van der Waals surface area contributed by atoms with Crippen LogP contribution in [-0.2, 0) is 11.8 Å². The summed E-state index contributed by atoms with van der Waals surface area (Å²) >= 11 is 0. The van der Waals surface area contributed by atoms with Gasteiger partial charge in [-0.2, -0.15) is 0 Å². The molecule has 1 aliphatic heterocycles. The summed E-state index contributed by atoms with van der Waals surface area (Å²) in [4.78, 5) is 27.3. The van der Waals surface area contributed by atoms with Gasteiger partial charge in [-0.1, -0.05) is 12.1 Å². The van der Waals surface area contributed by atoms with E-state index in [1.807, 2.05) is 43.4 Å². The minimum Gasteiger partial charge on any atom is -0.495 e. The van der Waals surface area contributed by atoms with E-state index in [2.05, 4.69) is 5.32 Å². The van der Waals surface area contributed by atoms with Gasteiger partial charge < -0.3 is 29.0 Å². The van der Waals surface area contributed by atoms with Gasteiger partial charge in [-0.15, -0.1) is 0 Å². The van der Waals surface area contributed by atoms with Gasteiger partial charge in [0.1, 0.15) is 11.4 Å². The Kier molecular flexibility index (Phi) is 5.46. The summed E-state index contributed by atoms with van der Waals surface area (Å²) in [7, 11) is 6.54. The van der Waals surface area contributed by atoms with E-state index < -0.39 is 0 Å². The number of aromatic nitrogens is 1. The van der Waals surface area contributed by atoms with Crippen LogP contribution in [0.3, 0.4) is 0 Å². The summed E-state index contributed by atoms with van der Waals surface area (Å²) in [5.74, 6) is 1.52. The molecule has 4 rings (SSSR count). The van der Waals surface area contributed by atoms with Crippen molar-refractivity contribution in [2.45, 2.75) is 12.5 Å². The van der Waals surface area contributed by atoms with E-state index >= 15 is 0 Å². The molecule has 1 aliphatic rings. The third-order valence-corrected chi connectivity index (χ3v) is 5.62. The monoisotopic (exact) mass is 423 g/mol. The molecule has 1 N–H and O–H groups in total. The molecule has 8 nitrogen and oxygen atoms in total. The fourth-order valence-corrected chi connectivity index (χ4v) is 4.03. The molecule has 2 heterocycles. The lowest BCUT2D eigenvalue weighted by molar-refractivity contribution is -0.117. The Labute approximate surface area is 180 Å². The standard InChI is InChI=1S/C23H25N3O5/c1-25-17-12-21(31-4)20(30-3)10-14(17)9-18(25)23(28)24-15-11-22(27)26(13-15)16-7-5-6-8-19(16)29-2/h5-10,12,15H,11,13H2,1-4H3,(H,24,28). The number of para-hydroxylation sites is 2. The summed E-state index contributed by atoms with van der Waals surface area (Å²) in [5.41, 5.74) is 2.05. The molecule has 0 spiro atoms. The Morgan fingerprint density at radius 1 is 1.00 bits per heavy atom. The molecule has 31 heavy (non-hydrogen) atoms. The Bertz CT molecular complexity index is 1150. The molecule has 1 fully saturated rings. The molecule has 0 radical (unpaired) electrons. The van der Waals surface area contributed by atoms with E-state index in [0.29, 0.717) is 35.2 Å². The van der Waals surface area contributed by atoms with Crippen molar-refractivity contribution < 1.29 is 23.8 Å². The van der Waals surface area contributed by atoms with Crippen LogP contribution in [0, 0.1) is 0 Å². The average molecular weight is 423 g/mol. The quantitative estimate of drug-likeness (QED) is 0.659. The lowest BCUT2D eigenvalue weighted by atomic mass is 10.2. The number of amides is 2. The van der Waals surface area contributed by atoms with Gasteiger partial charge in [0.25, 0.3) is 5.91 Å². The maximum absolute atomic E-state index is 13.0. The highest BCUT2D eigenvalue weighted by molar-refractivity contribution is 6.01. The number of aryl methyl sites for hydroxylation is 1. The summed E-state index contributed by atoms with van der Waals surface area (Å²) in [6, 6.07) is 12.5.